The first-order chi connectivity index (χ1) is 10.2. The van der Waals surface area contributed by atoms with Gasteiger partial charge < -0.3 is 10.6 Å². The third-order valence-electron chi connectivity index (χ3n) is 5.56. The van der Waals surface area contributed by atoms with Crippen LogP contribution in [-0.2, 0) is 0 Å². The van der Waals surface area contributed by atoms with Crippen LogP contribution in [0, 0.1) is 23.2 Å². The maximum atomic E-state index is 3.62. The molecular formula is C20H36N2. The molecule has 0 bridgehead atoms. The molecule has 2 N–H and O–H groups in total. The molecule has 0 amide bonds. The van der Waals surface area contributed by atoms with E-state index in [4.69, 9.17) is 0 Å². The quantitative estimate of drug-likeness (QED) is 0.706. The Balaban J connectivity index is 2.18. The SMILES string of the molecule is CC(C)C1=C(C(C)(C)CC(C)C2=C(C(C)C)NCC2)CNC1. The van der Waals surface area contributed by atoms with Crippen LogP contribution in [-0.4, -0.2) is 19.6 Å². The van der Waals surface area contributed by atoms with Gasteiger partial charge in [0.2, 0.25) is 0 Å². The number of rotatable bonds is 6. The predicted molar refractivity (Wildman–Crippen MR) is 96.8 cm³/mol. The summed E-state index contributed by atoms with van der Waals surface area (Å²) in [5, 5.41) is 7.21. The standard InChI is InChI=1S/C20H36N2/c1-13(2)17-11-21-12-18(17)20(6,7)10-15(5)16-8-9-22-19(16)14(3)4/h13-15,21-22H,8-12H2,1-7H3. The molecule has 2 heterocycles. The Labute approximate surface area is 137 Å². The summed E-state index contributed by atoms with van der Waals surface area (Å²) in [4.78, 5) is 0. The fourth-order valence-corrected chi connectivity index (χ4v) is 4.45. The zero-order valence-corrected chi connectivity index (χ0v) is 15.8. The highest BCUT2D eigenvalue weighted by Crippen LogP contribution is 2.41. The second kappa shape index (κ2) is 6.78. The van der Waals surface area contributed by atoms with E-state index in [1.807, 2.05) is 0 Å². The lowest BCUT2D eigenvalue weighted by Gasteiger charge is -2.32. The Morgan fingerprint density at radius 2 is 1.64 bits per heavy atom. The number of hydrogen-bond donors (Lipinski definition) is 2. The molecule has 1 atom stereocenters. The second-order valence-corrected chi connectivity index (χ2v) is 8.52. The number of nitrogens with one attached hydrogen (secondary N) is 2. The highest BCUT2D eigenvalue weighted by Gasteiger charge is 2.33. The Kier molecular flexibility index (Phi) is 5.42. The summed E-state index contributed by atoms with van der Waals surface area (Å²) >= 11 is 0. The molecule has 2 aliphatic heterocycles. The molecule has 22 heavy (non-hydrogen) atoms. The van der Waals surface area contributed by atoms with Crippen LogP contribution >= 0.6 is 0 Å². The van der Waals surface area contributed by atoms with E-state index < -0.39 is 0 Å². The summed E-state index contributed by atoms with van der Waals surface area (Å²) in [6.07, 6.45) is 2.49. The van der Waals surface area contributed by atoms with Gasteiger partial charge in [0.05, 0.1) is 0 Å². The van der Waals surface area contributed by atoms with Crippen molar-refractivity contribution in [2.45, 2.75) is 61.3 Å². The van der Waals surface area contributed by atoms with Crippen molar-refractivity contribution in [3.63, 3.8) is 0 Å². The van der Waals surface area contributed by atoms with Crippen LogP contribution in [0.5, 0.6) is 0 Å². The molecule has 0 fully saturated rings. The van der Waals surface area contributed by atoms with Crippen molar-refractivity contribution in [3.8, 4) is 0 Å². The van der Waals surface area contributed by atoms with Gasteiger partial charge in [0.1, 0.15) is 0 Å². The Bertz CT molecular complexity index is 466. The summed E-state index contributed by atoms with van der Waals surface area (Å²) in [5.41, 5.74) is 6.82. The average Bonchev–Trinajstić information content (AvgIpc) is 3.07. The molecule has 2 nitrogen and oxygen atoms in total. The lowest BCUT2D eigenvalue weighted by atomic mass is 9.72. The number of allylic oxidation sites excluding steroid dienone is 1. The summed E-state index contributed by atoms with van der Waals surface area (Å²) in [6, 6.07) is 0. The van der Waals surface area contributed by atoms with Crippen LogP contribution in [0.25, 0.3) is 0 Å². The molecule has 0 radical (unpaired) electrons. The van der Waals surface area contributed by atoms with Crippen LogP contribution in [0.4, 0.5) is 0 Å². The third kappa shape index (κ3) is 3.59. The van der Waals surface area contributed by atoms with E-state index in [9.17, 15) is 0 Å². The average molecular weight is 305 g/mol. The molecule has 0 aliphatic carbocycles. The van der Waals surface area contributed by atoms with E-state index in [0.29, 0.717) is 23.2 Å². The fraction of sp³-hybridized carbons (Fsp3) is 0.800. The van der Waals surface area contributed by atoms with Gasteiger partial charge >= 0.3 is 0 Å². The van der Waals surface area contributed by atoms with Crippen LogP contribution < -0.4 is 10.6 Å². The van der Waals surface area contributed by atoms with E-state index in [0.717, 1.165) is 19.6 Å². The molecule has 0 aromatic carbocycles. The summed E-state index contributed by atoms with van der Waals surface area (Å²) in [6.45, 7) is 19.9. The van der Waals surface area contributed by atoms with Gasteiger partial charge in [-0.3, -0.25) is 0 Å². The molecule has 0 aromatic heterocycles. The van der Waals surface area contributed by atoms with Crippen LogP contribution in [0.3, 0.4) is 0 Å². The zero-order valence-electron chi connectivity index (χ0n) is 15.8. The van der Waals surface area contributed by atoms with Crippen molar-refractivity contribution in [2.75, 3.05) is 19.6 Å². The molecule has 0 saturated heterocycles. The largest absolute Gasteiger partial charge is 0.388 e. The third-order valence-corrected chi connectivity index (χ3v) is 5.56. The van der Waals surface area contributed by atoms with Crippen LogP contribution in [0.2, 0.25) is 0 Å². The van der Waals surface area contributed by atoms with Gasteiger partial charge in [-0.05, 0) is 41.6 Å². The Morgan fingerprint density at radius 3 is 2.23 bits per heavy atom. The minimum atomic E-state index is 0.292. The van der Waals surface area contributed by atoms with Crippen molar-refractivity contribution in [1.82, 2.24) is 10.6 Å². The van der Waals surface area contributed by atoms with Crippen molar-refractivity contribution in [2.24, 2.45) is 23.2 Å². The maximum absolute atomic E-state index is 3.62. The molecule has 1 unspecified atom stereocenters. The highest BCUT2D eigenvalue weighted by molar-refractivity contribution is 5.30. The minimum Gasteiger partial charge on any atom is -0.388 e. The van der Waals surface area contributed by atoms with Gasteiger partial charge in [0, 0.05) is 25.3 Å². The number of hydrogen-bond acceptors (Lipinski definition) is 2. The first-order valence-electron chi connectivity index (χ1n) is 9.14. The molecule has 2 rings (SSSR count). The van der Waals surface area contributed by atoms with Crippen molar-refractivity contribution in [1.29, 1.82) is 0 Å². The van der Waals surface area contributed by atoms with Gasteiger partial charge in [-0.1, -0.05) is 59.6 Å². The van der Waals surface area contributed by atoms with Crippen molar-refractivity contribution < 1.29 is 0 Å². The maximum Gasteiger partial charge on any atom is 0.0182 e. The molecule has 126 valence electrons. The van der Waals surface area contributed by atoms with E-state index in [1.54, 1.807) is 16.7 Å². The van der Waals surface area contributed by atoms with Gasteiger partial charge in [-0.25, -0.2) is 0 Å². The lowest BCUT2D eigenvalue weighted by Crippen LogP contribution is -2.24. The normalized spacial score (nSPS) is 21.3. The minimum absolute atomic E-state index is 0.292. The van der Waals surface area contributed by atoms with E-state index >= 15 is 0 Å². The van der Waals surface area contributed by atoms with E-state index in [1.165, 1.54) is 18.5 Å². The Morgan fingerprint density at radius 1 is 0.955 bits per heavy atom. The molecular weight excluding hydrogens is 268 g/mol. The highest BCUT2D eigenvalue weighted by atomic mass is 14.9. The topological polar surface area (TPSA) is 24.1 Å². The molecule has 2 aliphatic rings. The first-order valence-corrected chi connectivity index (χ1v) is 9.14. The lowest BCUT2D eigenvalue weighted by molar-refractivity contribution is 0.344. The van der Waals surface area contributed by atoms with Crippen LogP contribution in [0.15, 0.2) is 22.4 Å². The predicted octanol–water partition coefficient (Wildman–Crippen LogP) is 4.50. The Hall–Kier alpha value is -0.760. The van der Waals surface area contributed by atoms with Crippen LogP contribution in [0.1, 0.15) is 61.3 Å². The molecule has 0 saturated carbocycles. The summed E-state index contributed by atoms with van der Waals surface area (Å²) in [7, 11) is 0. The van der Waals surface area contributed by atoms with E-state index in [2.05, 4.69) is 59.1 Å². The van der Waals surface area contributed by atoms with E-state index in [-0.39, 0.29) is 0 Å². The summed E-state index contributed by atoms with van der Waals surface area (Å²) in [5.74, 6) is 1.96. The first kappa shape index (κ1) is 17.6. The van der Waals surface area contributed by atoms with Gasteiger partial charge in [-0.15, -0.1) is 0 Å². The molecule has 0 spiro atoms. The second-order valence-electron chi connectivity index (χ2n) is 8.52. The molecule has 0 aromatic rings. The monoisotopic (exact) mass is 304 g/mol. The van der Waals surface area contributed by atoms with Crippen molar-refractivity contribution in [3.05, 3.63) is 22.4 Å². The molecule has 2 heteroatoms. The van der Waals surface area contributed by atoms with Gasteiger partial charge in [0.25, 0.3) is 0 Å². The zero-order chi connectivity index (χ0) is 16.5. The van der Waals surface area contributed by atoms with Gasteiger partial charge in [0.15, 0.2) is 0 Å². The fourth-order valence-electron chi connectivity index (χ4n) is 4.45. The van der Waals surface area contributed by atoms with Gasteiger partial charge in [-0.2, -0.15) is 0 Å². The summed E-state index contributed by atoms with van der Waals surface area (Å²) < 4.78 is 0. The smallest absolute Gasteiger partial charge is 0.0182 e. The van der Waals surface area contributed by atoms with Crippen molar-refractivity contribution >= 4 is 0 Å².